The molecule has 0 saturated heterocycles. The number of carbonyl (C=O) groups excluding carboxylic acids is 2. The highest BCUT2D eigenvalue weighted by Gasteiger charge is 2.26. The quantitative estimate of drug-likeness (QED) is 0.368. The van der Waals surface area contributed by atoms with Crippen molar-refractivity contribution in [2.75, 3.05) is 6.61 Å². The van der Waals surface area contributed by atoms with E-state index in [2.05, 4.69) is 15.6 Å². The van der Waals surface area contributed by atoms with Crippen LogP contribution < -0.4 is 0 Å². The van der Waals surface area contributed by atoms with Crippen LogP contribution >= 0.6 is 8.25 Å². The lowest BCUT2D eigenvalue weighted by molar-refractivity contribution is -0.130. The van der Waals surface area contributed by atoms with Crippen LogP contribution in [-0.2, 0) is 23.2 Å². The standard InChI is InChI=1S/C6H8O5P/c1-5(2)6(8)11-12(9)10-4-3-7/h3H,1,4H2,2H3/q+1. The van der Waals surface area contributed by atoms with Crippen molar-refractivity contribution in [3.05, 3.63) is 12.2 Å². The van der Waals surface area contributed by atoms with Crippen molar-refractivity contribution in [1.82, 2.24) is 0 Å². The maximum Gasteiger partial charge on any atom is 0.753 e. The van der Waals surface area contributed by atoms with E-state index in [1.165, 1.54) is 6.92 Å². The molecule has 0 heterocycles. The fourth-order valence-corrected chi connectivity index (χ4v) is 0.790. The minimum absolute atomic E-state index is 0.119. The third kappa shape index (κ3) is 4.71. The zero-order valence-corrected chi connectivity index (χ0v) is 7.37. The molecule has 0 aromatic rings. The zero-order chi connectivity index (χ0) is 9.56. The van der Waals surface area contributed by atoms with Crippen molar-refractivity contribution in [2.24, 2.45) is 0 Å². The van der Waals surface area contributed by atoms with Gasteiger partial charge in [-0.15, -0.1) is 4.52 Å². The van der Waals surface area contributed by atoms with Crippen LogP contribution in [0.4, 0.5) is 0 Å². The van der Waals surface area contributed by atoms with Crippen LogP contribution in [0.2, 0.25) is 0 Å². The number of hydrogen-bond donors (Lipinski definition) is 0. The lowest BCUT2D eigenvalue weighted by Crippen LogP contribution is -2.00. The SMILES string of the molecule is C=C(C)C(=O)O[P+](=O)OCC=O. The Labute approximate surface area is 70.3 Å². The average molecular weight is 191 g/mol. The molecule has 66 valence electrons. The van der Waals surface area contributed by atoms with E-state index in [0.29, 0.717) is 6.29 Å². The van der Waals surface area contributed by atoms with E-state index in [1.807, 2.05) is 0 Å². The molecule has 1 atom stereocenters. The van der Waals surface area contributed by atoms with Gasteiger partial charge in [0.25, 0.3) is 0 Å². The van der Waals surface area contributed by atoms with Crippen molar-refractivity contribution in [3.8, 4) is 0 Å². The molecule has 0 radical (unpaired) electrons. The van der Waals surface area contributed by atoms with E-state index >= 15 is 0 Å². The maximum absolute atomic E-state index is 10.6. The monoisotopic (exact) mass is 191 g/mol. The van der Waals surface area contributed by atoms with Crippen molar-refractivity contribution >= 4 is 20.5 Å². The van der Waals surface area contributed by atoms with Crippen LogP contribution in [0.3, 0.4) is 0 Å². The molecule has 6 heteroatoms. The van der Waals surface area contributed by atoms with Crippen molar-refractivity contribution in [2.45, 2.75) is 6.92 Å². The lowest BCUT2D eigenvalue weighted by atomic mass is 10.4. The molecule has 12 heavy (non-hydrogen) atoms. The molecule has 0 spiro atoms. The Bertz CT molecular complexity index is 222. The summed E-state index contributed by atoms with van der Waals surface area (Å²) in [5.74, 6) is -0.804. The Balaban J connectivity index is 3.76. The minimum Gasteiger partial charge on any atom is -0.301 e. The van der Waals surface area contributed by atoms with E-state index in [4.69, 9.17) is 0 Å². The largest absolute Gasteiger partial charge is 0.753 e. The topological polar surface area (TPSA) is 69.7 Å². The smallest absolute Gasteiger partial charge is 0.301 e. The van der Waals surface area contributed by atoms with Gasteiger partial charge in [0.1, 0.15) is 0 Å². The molecular weight excluding hydrogens is 183 g/mol. The Hall–Kier alpha value is -1.06. The highest BCUT2D eigenvalue weighted by molar-refractivity contribution is 7.34. The first-order valence-electron chi connectivity index (χ1n) is 2.99. The van der Waals surface area contributed by atoms with Gasteiger partial charge in [0.15, 0.2) is 12.9 Å². The van der Waals surface area contributed by atoms with Crippen LogP contribution in [0.1, 0.15) is 6.92 Å². The number of aldehydes is 1. The van der Waals surface area contributed by atoms with Crippen molar-refractivity contribution < 1.29 is 23.2 Å². The van der Waals surface area contributed by atoms with Crippen molar-refractivity contribution in [1.29, 1.82) is 0 Å². The minimum atomic E-state index is -2.55. The van der Waals surface area contributed by atoms with E-state index in [-0.39, 0.29) is 12.2 Å². The predicted molar refractivity (Wildman–Crippen MR) is 40.5 cm³/mol. The van der Waals surface area contributed by atoms with Crippen molar-refractivity contribution in [3.63, 3.8) is 0 Å². The molecule has 0 fully saturated rings. The zero-order valence-electron chi connectivity index (χ0n) is 6.48. The summed E-state index contributed by atoms with van der Waals surface area (Å²) < 4.78 is 19.1. The number of carbonyl (C=O) groups is 2. The Kier molecular flexibility index (Phi) is 5.08. The molecule has 0 aromatic heterocycles. The first-order chi connectivity index (χ1) is 5.57. The van der Waals surface area contributed by atoms with E-state index in [9.17, 15) is 14.2 Å². The second kappa shape index (κ2) is 5.57. The molecule has 0 aliphatic carbocycles. The fraction of sp³-hybridized carbons (Fsp3) is 0.333. The molecule has 0 amide bonds. The van der Waals surface area contributed by atoms with Gasteiger partial charge in [-0.1, -0.05) is 6.58 Å². The van der Waals surface area contributed by atoms with Crippen LogP contribution in [0.25, 0.3) is 0 Å². The van der Waals surface area contributed by atoms with Crippen LogP contribution in [0, 0.1) is 0 Å². The second-order valence-electron chi connectivity index (χ2n) is 1.85. The van der Waals surface area contributed by atoms with E-state index < -0.39 is 14.2 Å². The normalized spacial score (nSPS) is 10.2. The van der Waals surface area contributed by atoms with Crippen LogP contribution in [0.5, 0.6) is 0 Å². The molecule has 5 nitrogen and oxygen atoms in total. The van der Waals surface area contributed by atoms with Crippen LogP contribution in [-0.4, -0.2) is 18.9 Å². The first kappa shape index (κ1) is 10.9. The summed E-state index contributed by atoms with van der Waals surface area (Å²) in [7, 11) is -2.55. The first-order valence-corrected chi connectivity index (χ1v) is 4.09. The predicted octanol–water partition coefficient (Wildman–Crippen LogP) is 0.979. The molecule has 0 aromatic carbocycles. The second-order valence-corrected chi connectivity index (χ2v) is 2.73. The van der Waals surface area contributed by atoms with Gasteiger partial charge in [0, 0.05) is 10.1 Å². The summed E-state index contributed by atoms with van der Waals surface area (Å²) in [5.41, 5.74) is 0.119. The summed E-state index contributed by atoms with van der Waals surface area (Å²) in [6, 6.07) is 0. The summed E-state index contributed by atoms with van der Waals surface area (Å²) in [6.45, 7) is 4.31. The molecule has 0 rings (SSSR count). The molecule has 0 bridgehead atoms. The molecule has 0 aliphatic heterocycles. The van der Waals surface area contributed by atoms with Gasteiger partial charge in [0.05, 0.1) is 0 Å². The third-order valence-corrected chi connectivity index (χ3v) is 1.43. The van der Waals surface area contributed by atoms with E-state index in [1.54, 1.807) is 0 Å². The van der Waals surface area contributed by atoms with Gasteiger partial charge in [-0.25, -0.2) is 4.79 Å². The highest BCUT2D eigenvalue weighted by atomic mass is 31.1. The summed E-state index contributed by atoms with van der Waals surface area (Å²) >= 11 is 0. The van der Waals surface area contributed by atoms with Crippen LogP contribution in [0.15, 0.2) is 12.2 Å². The van der Waals surface area contributed by atoms with Gasteiger partial charge in [-0.3, -0.25) is 0 Å². The fourth-order valence-electron chi connectivity index (χ4n) is 0.263. The van der Waals surface area contributed by atoms with E-state index in [0.717, 1.165) is 0 Å². The Morgan fingerprint density at radius 2 is 2.25 bits per heavy atom. The Morgan fingerprint density at radius 3 is 2.67 bits per heavy atom. The summed E-state index contributed by atoms with van der Waals surface area (Å²) in [5, 5.41) is 0. The number of rotatable bonds is 5. The number of hydrogen-bond acceptors (Lipinski definition) is 5. The van der Waals surface area contributed by atoms with Gasteiger partial charge < -0.3 is 4.79 Å². The molecule has 0 aliphatic rings. The lowest BCUT2D eigenvalue weighted by Gasteiger charge is -1.87. The van der Waals surface area contributed by atoms with Gasteiger partial charge in [-0.05, 0) is 6.92 Å². The molecular formula is C6H8O5P+. The summed E-state index contributed by atoms with van der Waals surface area (Å²) in [6.07, 6.45) is 0.405. The molecule has 0 saturated carbocycles. The summed E-state index contributed by atoms with van der Waals surface area (Å²) in [4.78, 5) is 20.4. The average Bonchev–Trinajstić information content (AvgIpc) is 2.00. The third-order valence-electron chi connectivity index (χ3n) is 0.754. The molecule has 0 N–H and O–H groups in total. The van der Waals surface area contributed by atoms with Gasteiger partial charge in [0.2, 0.25) is 0 Å². The Morgan fingerprint density at radius 1 is 1.67 bits per heavy atom. The molecule has 1 unspecified atom stereocenters. The van der Waals surface area contributed by atoms with Gasteiger partial charge >= 0.3 is 14.2 Å². The highest BCUT2D eigenvalue weighted by Crippen LogP contribution is 2.24. The maximum atomic E-state index is 10.6. The van der Waals surface area contributed by atoms with Gasteiger partial charge in [-0.2, -0.15) is 4.52 Å².